The Morgan fingerprint density at radius 1 is 1.08 bits per heavy atom. The number of amides is 1. The van der Waals surface area contributed by atoms with Crippen LogP contribution in [0.5, 0.6) is 11.8 Å². The van der Waals surface area contributed by atoms with Gasteiger partial charge in [0.15, 0.2) is 5.75 Å². The van der Waals surface area contributed by atoms with Crippen LogP contribution < -0.4 is 14.4 Å². The molecule has 1 amide bonds. The third kappa shape index (κ3) is 5.91. The number of aromatic amines is 1. The number of nitrogens with zero attached hydrogens (tertiary/aromatic N) is 6. The molecule has 0 bridgehead atoms. The van der Waals surface area contributed by atoms with Crippen LogP contribution in [-0.4, -0.2) is 94.9 Å². The van der Waals surface area contributed by atoms with E-state index in [0.717, 1.165) is 121 Å². The normalized spacial score (nSPS) is 18.4. The first-order chi connectivity index (χ1) is 23.2. The third-order valence-electron chi connectivity index (χ3n) is 10.4. The zero-order valence-electron chi connectivity index (χ0n) is 28.7. The highest BCUT2D eigenvalue weighted by atomic mass is 16.5. The van der Waals surface area contributed by atoms with Gasteiger partial charge >= 0.3 is 6.01 Å². The van der Waals surface area contributed by atoms with Crippen LogP contribution in [0.25, 0.3) is 39.0 Å². The highest BCUT2D eigenvalue weighted by Gasteiger charge is 2.46. The fraction of sp³-hybridized carbons (Fsp3) is 0.474. The van der Waals surface area contributed by atoms with E-state index in [2.05, 4.69) is 79.2 Å². The molecule has 0 atom stereocenters. The van der Waals surface area contributed by atoms with Crippen LogP contribution in [0.3, 0.4) is 0 Å². The average molecular weight is 650 g/mol. The summed E-state index contributed by atoms with van der Waals surface area (Å²) in [6.45, 7) is 20.1. The van der Waals surface area contributed by atoms with Crippen LogP contribution in [0, 0.1) is 18.3 Å². The van der Waals surface area contributed by atoms with E-state index < -0.39 is 0 Å². The van der Waals surface area contributed by atoms with Crippen molar-refractivity contribution in [2.75, 3.05) is 57.8 Å². The van der Waals surface area contributed by atoms with Crippen molar-refractivity contribution in [3.63, 3.8) is 0 Å². The Labute approximate surface area is 282 Å². The Morgan fingerprint density at radius 2 is 1.83 bits per heavy atom. The molecule has 0 saturated carbocycles. The topological polar surface area (TPSA) is 99.7 Å². The van der Waals surface area contributed by atoms with Crippen LogP contribution in [0.2, 0.25) is 0 Å². The largest absolute Gasteiger partial charge is 0.490 e. The summed E-state index contributed by atoms with van der Waals surface area (Å²) in [6.07, 6.45) is 9.08. The number of H-pyrrole nitrogens is 1. The number of nitrogens with one attached hydrogen (secondary N) is 1. The van der Waals surface area contributed by atoms with Gasteiger partial charge in [0.2, 0.25) is 5.91 Å². The second kappa shape index (κ2) is 12.9. The lowest BCUT2D eigenvalue weighted by atomic mass is 9.72. The number of carbonyl (C=O) groups excluding carboxylic acids is 1. The summed E-state index contributed by atoms with van der Waals surface area (Å²) in [4.78, 5) is 29.1. The Bertz CT molecular complexity index is 1860. The second-order valence-electron chi connectivity index (χ2n) is 14.4. The maximum Gasteiger partial charge on any atom is 0.319 e. The van der Waals surface area contributed by atoms with E-state index in [-0.39, 0.29) is 17.4 Å². The van der Waals surface area contributed by atoms with Crippen LogP contribution in [0.4, 0.5) is 5.82 Å². The van der Waals surface area contributed by atoms with Gasteiger partial charge in [-0.3, -0.25) is 9.89 Å². The van der Waals surface area contributed by atoms with Gasteiger partial charge in [-0.2, -0.15) is 15.1 Å². The third-order valence-corrected chi connectivity index (χ3v) is 10.4. The molecule has 3 saturated heterocycles. The number of ether oxygens (including phenoxy) is 2. The Morgan fingerprint density at radius 3 is 2.52 bits per heavy atom. The van der Waals surface area contributed by atoms with Gasteiger partial charge in [0.1, 0.15) is 17.4 Å². The molecular weight excluding hydrogens is 602 g/mol. The molecule has 1 N–H and O–H groups in total. The highest BCUT2D eigenvalue weighted by molar-refractivity contribution is 6.07. The van der Waals surface area contributed by atoms with Gasteiger partial charge < -0.3 is 24.2 Å². The van der Waals surface area contributed by atoms with E-state index >= 15 is 0 Å². The first-order valence-electron chi connectivity index (χ1n) is 17.3. The molecule has 3 fully saturated rings. The number of rotatable bonds is 9. The molecule has 7 rings (SSSR count). The molecule has 2 aromatic carbocycles. The zero-order valence-corrected chi connectivity index (χ0v) is 28.7. The number of aryl methyl sites for hydroxylation is 1. The molecule has 2 aromatic heterocycles. The molecule has 3 aliphatic heterocycles. The molecule has 10 nitrogen and oxygen atoms in total. The Hall–Kier alpha value is -4.44. The van der Waals surface area contributed by atoms with Crippen LogP contribution in [0.15, 0.2) is 43.6 Å². The number of carbonyl (C=O) groups is 1. The van der Waals surface area contributed by atoms with E-state index in [4.69, 9.17) is 19.4 Å². The van der Waals surface area contributed by atoms with Crippen molar-refractivity contribution in [1.82, 2.24) is 30.0 Å². The average Bonchev–Trinajstić information content (AvgIpc) is 3.55. The van der Waals surface area contributed by atoms with Gasteiger partial charge in [-0.1, -0.05) is 39.1 Å². The van der Waals surface area contributed by atoms with Crippen molar-refractivity contribution in [3.05, 3.63) is 54.8 Å². The fourth-order valence-electron chi connectivity index (χ4n) is 7.59. The van der Waals surface area contributed by atoms with Crippen molar-refractivity contribution in [1.29, 1.82) is 0 Å². The molecule has 0 radical (unpaired) electrons. The van der Waals surface area contributed by atoms with Crippen molar-refractivity contribution < 1.29 is 14.3 Å². The van der Waals surface area contributed by atoms with Gasteiger partial charge in [0, 0.05) is 61.0 Å². The maximum atomic E-state index is 12.2. The molecule has 1 spiro atoms. The van der Waals surface area contributed by atoms with E-state index in [1.165, 1.54) is 6.08 Å². The first-order valence-corrected chi connectivity index (χ1v) is 17.3. The number of aromatic nitrogens is 4. The van der Waals surface area contributed by atoms with Crippen LogP contribution >= 0.6 is 0 Å². The molecule has 0 aliphatic carbocycles. The van der Waals surface area contributed by atoms with Gasteiger partial charge in [-0.15, -0.1) is 0 Å². The monoisotopic (exact) mass is 649 g/mol. The van der Waals surface area contributed by atoms with E-state index in [9.17, 15) is 4.79 Å². The summed E-state index contributed by atoms with van der Waals surface area (Å²) in [5.74, 6) is 1.90. The number of hydrogen-bond acceptors (Lipinski definition) is 8. The smallest absolute Gasteiger partial charge is 0.319 e. The number of benzene rings is 2. The van der Waals surface area contributed by atoms with Crippen LogP contribution in [0.1, 0.15) is 50.7 Å². The number of hydrogen-bond donors (Lipinski definition) is 1. The van der Waals surface area contributed by atoms with Gasteiger partial charge in [0.05, 0.1) is 18.3 Å². The fourth-order valence-corrected chi connectivity index (χ4v) is 7.59. The molecular formula is C38H47N7O3. The summed E-state index contributed by atoms with van der Waals surface area (Å²) < 4.78 is 13.4. The minimum Gasteiger partial charge on any atom is -0.490 e. The van der Waals surface area contributed by atoms with E-state index in [1.807, 2.05) is 17.2 Å². The lowest BCUT2D eigenvalue weighted by Crippen LogP contribution is -2.61. The molecule has 252 valence electrons. The van der Waals surface area contributed by atoms with E-state index in [0.29, 0.717) is 18.5 Å². The molecule has 4 aromatic rings. The minimum atomic E-state index is 0.0172. The number of piperidine rings is 2. The lowest BCUT2D eigenvalue weighted by Gasteiger charge is -2.54. The van der Waals surface area contributed by atoms with Crippen LogP contribution in [-0.2, 0) is 4.79 Å². The molecule has 0 unspecified atom stereocenters. The summed E-state index contributed by atoms with van der Waals surface area (Å²) in [5, 5.41) is 9.47. The van der Waals surface area contributed by atoms with Gasteiger partial charge in [0.25, 0.3) is 0 Å². The number of fused-ring (bicyclic) bond motifs is 2. The van der Waals surface area contributed by atoms with Crippen molar-refractivity contribution >= 4 is 39.6 Å². The first kappa shape index (κ1) is 32.1. The minimum absolute atomic E-state index is 0.0172. The lowest BCUT2D eigenvalue weighted by molar-refractivity contribution is -0.139. The molecule has 5 heterocycles. The second-order valence-corrected chi connectivity index (χ2v) is 14.4. The number of likely N-dealkylation sites (tertiary alicyclic amines) is 2. The predicted molar refractivity (Wildman–Crippen MR) is 192 cm³/mol. The standard InChI is InChI=1S/C38H47N7O3/c1-7-26-19-28-34(35(47-21-24(3)4)33(26)32-25(5)9-10-30-29(32)20-39-42-30)40-37(48-27-11-15-43(6)16-12-27)41-36(28)44-17-13-38(14-18-44)22-45(23-38)31(46)8-2/h7-10,19-20,24,27H,1-2,11-18,21-23H2,3-6H3,(H,39,42). The summed E-state index contributed by atoms with van der Waals surface area (Å²) in [5.41, 5.74) is 5.94. The Kier molecular flexibility index (Phi) is 8.62. The number of anilines is 1. The van der Waals surface area contributed by atoms with Crippen molar-refractivity contribution in [3.8, 4) is 22.9 Å². The van der Waals surface area contributed by atoms with Gasteiger partial charge in [-0.25, -0.2) is 0 Å². The SMILES string of the molecule is C=CC(=O)N1CC2(CCN(c3nc(OC4CCN(C)CC4)nc4c(OCC(C)C)c(-c5c(C)ccc6[nH]ncc56)c(C=C)cc34)CC2)C1. The summed E-state index contributed by atoms with van der Waals surface area (Å²) >= 11 is 0. The Balaban J connectivity index is 1.37. The van der Waals surface area contributed by atoms with Crippen molar-refractivity contribution in [2.45, 2.75) is 52.6 Å². The molecule has 10 heteroatoms. The van der Waals surface area contributed by atoms with Crippen molar-refractivity contribution in [2.24, 2.45) is 11.3 Å². The molecule has 3 aliphatic rings. The van der Waals surface area contributed by atoms with E-state index in [1.54, 1.807) is 0 Å². The quantitative estimate of drug-likeness (QED) is 0.213. The maximum absolute atomic E-state index is 12.2. The summed E-state index contributed by atoms with van der Waals surface area (Å²) in [6, 6.07) is 6.75. The van der Waals surface area contributed by atoms with Gasteiger partial charge in [-0.05, 0) is 80.5 Å². The zero-order chi connectivity index (χ0) is 33.6. The predicted octanol–water partition coefficient (Wildman–Crippen LogP) is 6.25. The highest BCUT2D eigenvalue weighted by Crippen LogP contribution is 2.47. The summed E-state index contributed by atoms with van der Waals surface area (Å²) in [7, 11) is 2.15. The molecule has 48 heavy (non-hydrogen) atoms.